The van der Waals surface area contributed by atoms with E-state index in [1.807, 2.05) is 54.6 Å². The molecule has 3 aliphatic rings. The summed E-state index contributed by atoms with van der Waals surface area (Å²) in [6, 6.07) is 30.9. The summed E-state index contributed by atoms with van der Waals surface area (Å²) < 4.78 is 0. The van der Waals surface area contributed by atoms with Crippen LogP contribution in [-0.2, 0) is 0 Å². The van der Waals surface area contributed by atoms with Gasteiger partial charge in [0, 0.05) is 18.5 Å². The number of amides is 2. The Hall–Kier alpha value is -5.72. The van der Waals surface area contributed by atoms with Crippen LogP contribution in [0.25, 0.3) is 16.7 Å². The van der Waals surface area contributed by atoms with E-state index in [4.69, 9.17) is 0 Å². The number of hydrogen-bond donors (Lipinski definition) is 0. The van der Waals surface area contributed by atoms with Gasteiger partial charge in [-0.3, -0.25) is 14.5 Å². The summed E-state index contributed by atoms with van der Waals surface area (Å²) >= 11 is 0. The topological polar surface area (TPSA) is 88.2 Å². The lowest BCUT2D eigenvalue weighted by Gasteiger charge is -2.35. The largest absolute Gasteiger partial charge is 0.331 e. The molecule has 0 radical (unpaired) electrons. The number of carbonyl (C=O) groups is 2. The standard InChI is InChI=1S/C35H22N4O2/c1-38-34(40)29-9-4-10-30(31(29)35(38)41)39-32-25(23-15-11-21(19-36)12-16-23)5-2-7-27(32)28-8-3-6-26(33(28)39)24-17-13-22(20-37)14-18-24/h2-18,27,32H,1H3. The molecule has 1 aliphatic carbocycles. The van der Waals surface area contributed by atoms with E-state index in [1.54, 1.807) is 18.2 Å². The zero-order chi connectivity index (χ0) is 28.2. The van der Waals surface area contributed by atoms with Crippen molar-refractivity contribution in [2.24, 2.45) is 0 Å². The lowest BCUT2D eigenvalue weighted by Crippen LogP contribution is -2.33. The van der Waals surface area contributed by atoms with E-state index in [-0.39, 0.29) is 23.8 Å². The zero-order valence-electron chi connectivity index (χ0n) is 22.1. The maximum atomic E-state index is 13.5. The maximum Gasteiger partial charge on any atom is 0.263 e. The number of nitrogens with zero attached hydrogens (tertiary/aromatic N) is 4. The molecule has 2 aliphatic heterocycles. The van der Waals surface area contributed by atoms with Gasteiger partial charge in [0.2, 0.25) is 0 Å². The Balaban J connectivity index is 1.50. The molecule has 194 valence electrons. The molecule has 2 amide bonds. The first-order chi connectivity index (χ1) is 20.0. The van der Waals surface area contributed by atoms with Crippen molar-refractivity contribution < 1.29 is 9.59 Å². The van der Waals surface area contributed by atoms with Crippen molar-refractivity contribution >= 4 is 28.8 Å². The van der Waals surface area contributed by atoms with Gasteiger partial charge in [-0.25, -0.2) is 0 Å². The highest BCUT2D eigenvalue weighted by molar-refractivity contribution is 6.24. The number of imide groups is 1. The van der Waals surface area contributed by atoms with Gasteiger partial charge >= 0.3 is 0 Å². The van der Waals surface area contributed by atoms with Crippen LogP contribution in [0.2, 0.25) is 0 Å². The first kappa shape index (κ1) is 24.3. The molecule has 2 heterocycles. The van der Waals surface area contributed by atoms with E-state index in [2.05, 4.69) is 47.4 Å². The van der Waals surface area contributed by atoms with Crippen molar-refractivity contribution in [2.45, 2.75) is 12.0 Å². The molecule has 4 aromatic rings. The van der Waals surface area contributed by atoms with E-state index in [0.717, 1.165) is 33.5 Å². The van der Waals surface area contributed by atoms with Crippen LogP contribution in [-0.4, -0.2) is 29.8 Å². The highest BCUT2D eigenvalue weighted by Gasteiger charge is 2.46. The molecule has 0 saturated heterocycles. The number of nitriles is 2. The molecule has 0 saturated carbocycles. The minimum atomic E-state index is -0.322. The van der Waals surface area contributed by atoms with Crippen LogP contribution in [0, 0.1) is 22.7 Å². The minimum absolute atomic E-state index is 0.0280. The number of carbonyl (C=O) groups excluding carboxylic acids is 2. The third-order valence-electron chi connectivity index (χ3n) is 8.23. The summed E-state index contributed by atoms with van der Waals surface area (Å²) in [4.78, 5) is 29.9. The number of benzene rings is 4. The molecule has 0 aromatic heterocycles. The van der Waals surface area contributed by atoms with Crippen molar-refractivity contribution in [3.63, 3.8) is 0 Å². The van der Waals surface area contributed by atoms with Gasteiger partial charge in [0.15, 0.2) is 0 Å². The maximum absolute atomic E-state index is 13.5. The van der Waals surface area contributed by atoms with Crippen LogP contribution in [0.3, 0.4) is 0 Å². The van der Waals surface area contributed by atoms with Gasteiger partial charge < -0.3 is 4.90 Å². The van der Waals surface area contributed by atoms with E-state index in [0.29, 0.717) is 27.9 Å². The van der Waals surface area contributed by atoms with Crippen molar-refractivity contribution in [2.75, 3.05) is 11.9 Å². The second kappa shape index (κ2) is 9.19. The van der Waals surface area contributed by atoms with Gasteiger partial charge in [-0.05, 0) is 58.7 Å². The number of allylic oxidation sites excluding steroid dienone is 2. The molecule has 0 spiro atoms. The van der Waals surface area contributed by atoms with E-state index in [1.165, 1.54) is 11.9 Å². The molecule has 2 unspecified atom stereocenters. The fourth-order valence-electron chi connectivity index (χ4n) is 6.30. The normalized spacial score (nSPS) is 18.4. The molecule has 6 nitrogen and oxygen atoms in total. The van der Waals surface area contributed by atoms with Crippen LogP contribution in [0.1, 0.15) is 48.9 Å². The lowest BCUT2D eigenvalue weighted by molar-refractivity contribution is 0.0693. The molecular formula is C35H22N4O2. The van der Waals surface area contributed by atoms with Crippen LogP contribution < -0.4 is 4.90 Å². The fraction of sp³-hybridized carbons (Fsp3) is 0.0857. The molecule has 0 fully saturated rings. The molecule has 41 heavy (non-hydrogen) atoms. The zero-order valence-corrected chi connectivity index (χ0v) is 22.1. The number of fused-ring (bicyclic) bond motifs is 4. The lowest BCUT2D eigenvalue weighted by atomic mass is 9.82. The molecule has 2 atom stereocenters. The first-order valence-corrected chi connectivity index (χ1v) is 13.3. The highest BCUT2D eigenvalue weighted by Crippen LogP contribution is 2.55. The van der Waals surface area contributed by atoms with Crippen molar-refractivity contribution in [1.82, 2.24) is 4.90 Å². The average molecular weight is 531 g/mol. The SMILES string of the molecule is CN1C(=O)c2cccc(N3c4c(-c5ccc(C#N)cc5)cccc4C4C=CC=C(c5ccc(C#N)cc5)C43)c2C1=O. The van der Waals surface area contributed by atoms with Crippen LogP contribution >= 0.6 is 0 Å². The molecule has 0 bridgehead atoms. The van der Waals surface area contributed by atoms with Gasteiger partial charge in [-0.1, -0.05) is 66.8 Å². The highest BCUT2D eigenvalue weighted by atomic mass is 16.2. The summed E-state index contributed by atoms with van der Waals surface area (Å²) in [6.45, 7) is 0. The Morgan fingerprint density at radius 2 is 1.37 bits per heavy atom. The Morgan fingerprint density at radius 1 is 0.732 bits per heavy atom. The number of anilines is 2. The van der Waals surface area contributed by atoms with Gasteiger partial charge in [-0.2, -0.15) is 10.5 Å². The number of para-hydroxylation sites is 1. The van der Waals surface area contributed by atoms with Crippen LogP contribution in [0.15, 0.2) is 103 Å². The van der Waals surface area contributed by atoms with Gasteiger partial charge in [0.25, 0.3) is 11.8 Å². The van der Waals surface area contributed by atoms with Crippen molar-refractivity contribution in [3.8, 4) is 23.3 Å². The summed E-state index contributed by atoms with van der Waals surface area (Å²) in [5.41, 5.74) is 8.64. The third kappa shape index (κ3) is 3.55. The van der Waals surface area contributed by atoms with Crippen LogP contribution in [0.4, 0.5) is 11.4 Å². The van der Waals surface area contributed by atoms with Gasteiger partial charge in [0.05, 0.1) is 51.8 Å². The fourth-order valence-corrected chi connectivity index (χ4v) is 6.30. The summed E-state index contributed by atoms with van der Waals surface area (Å²) in [6.07, 6.45) is 6.33. The first-order valence-electron chi connectivity index (χ1n) is 13.3. The predicted molar refractivity (Wildman–Crippen MR) is 156 cm³/mol. The predicted octanol–water partition coefficient (Wildman–Crippen LogP) is 6.58. The Kier molecular flexibility index (Phi) is 5.45. The Labute approximate surface area is 237 Å². The number of rotatable bonds is 3. The van der Waals surface area contributed by atoms with E-state index >= 15 is 0 Å². The van der Waals surface area contributed by atoms with Gasteiger partial charge in [0.1, 0.15) is 0 Å². The van der Waals surface area contributed by atoms with Crippen molar-refractivity contribution in [1.29, 1.82) is 10.5 Å². The third-order valence-corrected chi connectivity index (χ3v) is 8.23. The van der Waals surface area contributed by atoms with Gasteiger partial charge in [-0.15, -0.1) is 0 Å². The second-order valence-corrected chi connectivity index (χ2v) is 10.3. The Morgan fingerprint density at radius 3 is 2.05 bits per heavy atom. The van der Waals surface area contributed by atoms with Crippen molar-refractivity contribution in [3.05, 3.63) is 137 Å². The molecular weight excluding hydrogens is 508 g/mol. The molecule has 0 N–H and O–H groups in total. The molecule has 4 aromatic carbocycles. The summed E-state index contributed by atoms with van der Waals surface area (Å²) in [7, 11) is 1.52. The smallest absolute Gasteiger partial charge is 0.263 e. The minimum Gasteiger partial charge on any atom is -0.331 e. The average Bonchev–Trinajstić information content (AvgIpc) is 3.48. The summed E-state index contributed by atoms with van der Waals surface area (Å²) in [5, 5.41) is 18.7. The van der Waals surface area contributed by atoms with E-state index < -0.39 is 0 Å². The second-order valence-electron chi connectivity index (χ2n) is 10.3. The van der Waals surface area contributed by atoms with E-state index in [9.17, 15) is 20.1 Å². The quantitative estimate of drug-likeness (QED) is 0.279. The molecule has 7 rings (SSSR count). The Bertz CT molecular complexity index is 1920. The monoisotopic (exact) mass is 530 g/mol. The van der Waals surface area contributed by atoms with Crippen LogP contribution in [0.5, 0.6) is 0 Å². The summed E-state index contributed by atoms with van der Waals surface area (Å²) in [5.74, 6) is -0.661. The molecule has 6 heteroatoms. The number of hydrogen-bond acceptors (Lipinski definition) is 5.